The number of rotatable bonds is 8. The van der Waals surface area contributed by atoms with Crippen LogP contribution in [0.4, 0.5) is 4.39 Å². The Labute approximate surface area is 180 Å². The lowest BCUT2D eigenvalue weighted by atomic mass is 10.0. The summed E-state index contributed by atoms with van der Waals surface area (Å²) in [6.07, 6.45) is 2.83. The summed E-state index contributed by atoms with van der Waals surface area (Å²) in [6.45, 7) is 6.17. The van der Waals surface area contributed by atoms with Crippen LogP contribution in [0, 0.1) is 17.1 Å². The van der Waals surface area contributed by atoms with Gasteiger partial charge < -0.3 is 9.26 Å². The van der Waals surface area contributed by atoms with Gasteiger partial charge in [-0.2, -0.15) is 5.26 Å². The number of nitrogens with zero attached hydrogens (tertiary/aromatic N) is 4. The first-order valence-electron chi connectivity index (χ1n) is 10.3. The van der Waals surface area contributed by atoms with Crippen LogP contribution >= 0.6 is 0 Å². The van der Waals surface area contributed by atoms with Gasteiger partial charge in [0.25, 0.3) is 5.56 Å². The summed E-state index contributed by atoms with van der Waals surface area (Å²) in [7, 11) is 1.35. The zero-order chi connectivity index (χ0) is 22.5. The summed E-state index contributed by atoms with van der Waals surface area (Å²) < 4.78 is 26.0. The van der Waals surface area contributed by atoms with Crippen LogP contribution in [0.25, 0.3) is 11.3 Å². The van der Waals surface area contributed by atoms with E-state index in [4.69, 9.17) is 14.2 Å². The van der Waals surface area contributed by atoms with Gasteiger partial charge in [-0.25, -0.2) is 9.37 Å². The van der Waals surface area contributed by atoms with Crippen LogP contribution in [0.15, 0.2) is 27.5 Å². The van der Waals surface area contributed by atoms with E-state index in [0.717, 1.165) is 18.2 Å². The van der Waals surface area contributed by atoms with Crippen molar-refractivity contribution in [1.82, 2.24) is 14.7 Å². The lowest BCUT2D eigenvalue weighted by Crippen LogP contribution is -2.30. The standard InChI is InChI=1S/C23H25FN4O3/c1-5-8-22-26-19(7-3)16(6-2)23(29)28(22)13-15-10-20(31-27-15)17-11-21(30-4)18(24)9-14(17)12-25/h9-11H,5-8,13H2,1-4H3. The number of aromatic nitrogens is 3. The fraction of sp³-hybridized carbons (Fsp3) is 0.391. The van der Waals surface area contributed by atoms with Crippen molar-refractivity contribution >= 4 is 0 Å². The highest BCUT2D eigenvalue weighted by Crippen LogP contribution is 2.30. The van der Waals surface area contributed by atoms with Crippen molar-refractivity contribution < 1.29 is 13.7 Å². The Hall–Kier alpha value is -3.47. The molecule has 0 atom stereocenters. The third kappa shape index (κ3) is 4.36. The number of nitriles is 1. The van der Waals surface area contributed by atoms with Gasteiger partial charge in [-0.3, -0.25) is 9.36 Å². The predicted molar refractivity (Wildman–Crippen MR) is 114 cm³/mol. The molecule has 162 valence electrons. The Morgan fingerprint density at radius 1 is 1.23 bits per heavy atom. The van der Waals surface area contributed by atoms with Crippen molar-refractivity contribution in [1.29, 1.82) is 5.26 Å². The first kappa shape index (κ1) is 22.2. The van der Waals surface area contributed by atoms with Crippen LogP contribution in [0.2, 0.25) is 0 Å². The third-order valence-electron chi connectivity index (χ3n) is 5.15. The summed E-state index contributed by atoms with van der Waals surface area (Å²) in [5.74, 6) is 0.379. The van der Waals surface area contributed by atoms with Gasteiger partial charge in [0.2, 0.25) is 0 Å². The topological polar surface area (TPSA) is 93.9 Å². The Morgan fingerprint density at radius 3 is 2.61 bits per heavy atom. The molecule has 3 rings (SSSR count). The highest BCUT2D eigenvalue weighted by Gasteiger charge is 2.19. The van der Waals surface area contributed by atoms with Crippen LogP contribution in [-0.2, 0) is 25.8 Å². The number of halogens is 1. The van der Waals surface area contributed by atoms with Crippen molar-refractivity contribution in [2.24, 2.45) is 0 Å². The SMILES string of the molecule is CCCc1nc(CC)c(CC)c(=O)n1Cc1cc(-c2cc(OC)c(F)cc2C#N)on1. The summed E-state index contributed by atoms with van der Waals surface area (Å²) in [5.41, 5.74) is 2.46. The summed E-state index contributed by atoms with van der Waals surface area (Å²) in [6, 6.07) is 6.11. The van der Waals surface area contributed by atoms with E-state index in [0.29, 0.717) is 47.7 Å². The molecule has 0 radical (unpaired) electrons. The van der Waals surface area contributed by atoms with E-state index in [2.05, 4.69) is 5.16 Å². The monoisotopic (exact) mass is 424 g/mol. The molecule has 0 N–H and O–H groups in total. The largest absolute Gasteiger partial charge is 0.494 e. The van der Waals surface area contributed by atoms with Gasteiger partial charge >= 0.3 is 0 Å². The molecule has 1 aromatic carbocycles. The van der Waals surface area contributed by atoms with E-state index >= 15 is 0 Å². The summed E-state index contributed by atoms with van der Waals surface area (Å²) in [4.78, 5) is 17.9. The molecule has 2 aromatic heterocycles. The molecule has 2 heterocycles. The van der Waals surface area contributed by atoms with Gasteiger partial charge in [0.05, 0.1) is 24.9 Å². The van der Waals surface area contributed by atoms with Crippen LogP contribution in [0.3, 0.4) is 0 Å². The highest BCUT2D eigenvalue weighted by atomic mass is 19.1. The first-order chi connectivity index (χ1) is 15.0. The molecule has 0 bridgehead atoms. The molecule has 3 aromatic rings. The second-order valence-electron chi connectivity index (χ2n) is 7.13. The van der Waals surface area contributed by atoms with E-state index in [-0.39, 0.29) is 23.4 Å². The highest BCUT2D eigenvalue weighted by molar-refractivity contribution is 5.68. The molecule has 0 aliphatic carbocycles. The van der Waals surface area contributed by atoms with Crippen LogP contribution in [-0.4, -0.2) is 21.8 Å². The van der Waals surface area contributed by atoms with Gasteiger partial charge in [0, 0.05) is 23.6 Å². The normalized spacial score (nSPS) is 10.8. The zero-order valence-electron chi connectivity index (χ0n) is 18.2. The molecule has 0 aliphatic rings. The maximum atomic E-state index is 14.0. The zero-order valence-corrected chi connectivity index (χ0v) is 18.2. The number of benzene rings is 1. The third-order valence-corrected chi connectivity index (χ3v) is 5.15. The van der Waals surface area contributed by atoms with Crippen LogP contribution < -0.4 is 10.3 Å². The van der Waals surface area contributed by atoms with Crippen LogP contribution in [0.5, 0.6) is 5.75 Å². The Morgan fingerprint density at radius 2 is 2.00 bits per heavy atom. The molecule has 0 aliphatic heterocycles. The van der Waals surface area contributed by atoms with Crippen molar-refractivity contribution in [3.05, 3.63) is 62.7 Å². The minimum atomic E-state index is -0.632. The van der Waals surface area contributed by atoms with Crippen molar-refractivity contribution in [3.63, 3.8) is 0 Å². The van der Waals surface area contributed by atoms with Gasteiger partial charge in [0.1, 0.15) is 17.6 Å². The number of hydrogen-bond acceptors (Lipinski definition) is 6. The maximum absolute atomic E-state index is 14.0. The lowest BCUT2D eigenvalue weighted by molar-refractivity contribution is 0.385. The molecule has 0 fully saturated rings. The second-order valence-corrected chi connectivity index (χ2v) is 7.13. The molecule has 0 unspecified atom stereocenters. The number of methoxy groups -OCH3 is 1. The van der Waals surface area contributed by atoms with Gasteiger partial charge in [-0.15, -0.1) is 0 Å². The molecule has 0 saturated carbocycles. The van der Waals surface area contributed by atoms with Gasteiger partial charge in [0.15, 0.2) is 17.3 Å². The summed E-state index contributed by atoms with van der Waals surface area (Å²) in [5, 5.41) is 13.5. The number of aryl methyl sites for hydroxylation is 2. The Balaban J connectivity index is 2.04. The average Bonchev–Trinajstić information content (AvgIpc) is 3.24. The fourth-order valence-electron chi connectivity index (χ4n) is 3.59. The molecule has 0 spiro atoms. The predicted octanol–water partition coefficient (Wildman–Crippen LogP) is 4.04. The molecule has 31 heavy (non-hydrogen) atoms. The van der Waals surface area contributed by atoms with E-state index < -0.39 is 5.82 Å². The van der Waals surface area contributed by atoms with Gasteiger partial charge in [-0.05, 0) is 31.4 Å². The quantitative estimate of drug-likeness (QED) is 0.542. The smallest absolute Gasteiger partial charge is 0.257 e. The summed E-state index contributed by atoms with van der Waals surface area (Å²) >= 11 is 0. The lowest BCUT2D eigenvalue weighted by Gasteiger charge is -2.15. The minimum absolute atomic E-state index is 0.000318. The van der Waals surface area contributed by atoms with Crippen molar-refractivity contribution in [2.75, 3.05) is 7.11 Å². The molecule has 0 amide bonds. The maximum Gasteiger partial charge on any atom is 0.257 e. The van der Waals surface area contributed by atoms with E-state index in [1.165, 1.54) is 13.2 Å². The second kappa shape index (κ2) is 9.56. The van der Waals surface area contributed by atoms with E-state index in [1.54, 1.807) is 10.6 Å². The molecular formula is C23H25FN4O3. The molecular weight excluding hydrogens is 399 g/mol. The number of hydrogen-bond donors (Lipinski definition) is 0. The van der Waals surface area contributed by atoms with Crippen molar-refractivity contribution in [3.8, 4) is 23.1 Å². The average molecular weight is 424 g/mol. The number of ether oxygens (including phenoxy) is 1. The van der Waals surface area contributed by atoms with E-state index in [9.17, 15) is 14.4 Å². The fourth-order valence-corrected chi connectivity index (χ4v) is 3.59. The molecule has 8 heteroatoms. The minimum Gasteiger partial charge on any atom is -0.494 e. The molecule has 0 saturated heterocycles. The van der Waals surface area contributed by atoms with Gasteiger partial charge in [-0.1, -0.05) is 25.9 Å². The van der Waals surface area contributed by atoms with Crippen molar-refractivity contribution in [2.45, 2.75) is 53.0 Å². The van der Waals surface area contributed by atoms with E-state index in [1.807, 2.05) is 26.8 Å². The van der Waals surface area contributed by atoms with Crippen LogP contribution in [0.1, 0.15) is 55.5 Å². The first-order valence-corrected chi connectivity index (χ1v) is 10.3. The Kier molecular flexibility index (Phi) is 6.85. The molecule has 7 nitrogen and oxygen atoms in total. The Bertz CT molecular complexity index is 1190.